The van der Waals surface area contributed by atoms with Gasteiger partial charge < -0.3 is 5.32 Å². The number of hydrogen-bond acceptors (Lipinski definition) is 1. The third kappa shape index (κ3) is 3.48. The van der Waals surface area contributed by atoms with Gasteiger partial charge in [-0.15, -0.1) is 0 Å². The van der Waals surface area contributed by atoms with Crippen LogP contribution in [0.1, 0.15) is 18.1 Å². The first-order valence-corrected chi connectivity index (χ1v) is 5.01. The second-order valence-corrected chi connectivity index (χ2v) is 3.42. The Kier molecular flexibility index (Phi) is 4.29. The Labute approximate surface area is 91.5 Å². The topological polar surface area (TPSA) is 12.0 Å². The van der Waals surface area contributed by atoms with Crippen molar-refractivity contribution in [2.45, 2.75) is 19.5 Å². The van der Waals surface area contributed by atoms with E-state index in [9.17, 15) is 17.6 Å². The molecule has 90 valence electrons. The molecule has 0 saturated heterocycles. The Bertz CT molecular complexity index is 346. The maximum absolute atomic E-state index is 12.9. The summed E-state index contributed by atoms with van der Waals surface area (Å²) in [7, 11) is 0. The molecule has 1 aromatic carbocycles. The molecule has 0 bridgehead atoms. The second-order valence-electron chi connectivity index (χ2n) is 3.42. The van der Waals surface area contributed by atoms with Gasteiger partial charge in [0, 0.05) is 0 Å². The standard InChI is InChI=1S/C11H13F4N/c1-2-16-6-5-8-3-4-10(12)9(7-8)11(13,14)15/h3-4,7,16H,2,5-6H2,1H3. The van der Waals surface area contributed by atoms with E-state index in [2.05, 4.69) is 5.32 Å². The van der Waals surface area contributed by atoms with Gasteiger partial charge >= 0.3 is 6.18 Å². The molecule has 0 heterocycles. The summed E-state index contributed by atoms with van der Waals surface area (Å²) in [6.07, 6.45) is -4.17. The zero-order valence-corrected chi connectivity index (χ0v) is 8.87. The zero-order valence-electron chi connectivity index (χ0n) is 8.87. The molecule has 0 spiro atoms. The molecular weight excluding hydrogens is 222 g/mol. The molecule has 0 aliphatic rings. The van der Waals surface area contributed by atoms with Crippen molar-refractivity contribution in [1.29, 1.82) is 0 Å². The highest BCUT2D eigenvalue weighted by Gasteiger charge is 2.34. The van der Waals surface area contributed by atoms with Crippen molar-refractivity contribution in [1.82, 2.24) is 5.32 Å². The molecule has 0 aromatic heterocycles. The molecule has 0 unspecified atom stereocenters. The van der Waals surface area contributed by atoms with E-state index in [-0.39, 0.29) is 0 Å². The summed E-state index contributed by atoms with van der Waals surface area (Å²) in [5.74, 6) is -1.22. The highest BCUT2D eigenvalue weighted by molar-refractivity contribution is 5.27. The van der Waals surface area contributed by atoms with Gasteiger partial charge in [0.1, 0.15) is 5.82 Å². The monoisotopic (exact) mass is 235 g/mol. The van der Waals surface area contributed by atoms with E-state index in [4.69, 9.17) is 0 Å². The lowest BCUT2D eigenvalue weighted by molar-refractivity contribution is -0.140. The Morgan fingerprint density at radius 3 is 2.50 bits per heavy atom. The van der Waals surface area contributed by atoms with Gasteiger partial charge in [0.05, 0.1) is 5.56 Å². The van der Waals surface area contributed by atoms with E-state index in [1.54, 1.807) is 0 Å². The van der Waals surface area contributed by atoms with Gasteiger partial charge in [-0.25, -0.2) is 4.39 Å². The third-order valence-corrected chi connectivity index (χ3v) is 2.18. The fraction of sp³-hybridized carbons (Fsp3) is 0.455. The van der Waals surface area contributed by atoms with Gasteiger partial charge in [0.2, 0.25) is 0 Å². The van der Waals surface area contributed by atoms with Crippen LogP contribution in [-0.4, -0.2) is 13.1 Å². The van der Waals surface area contributed by atoms with E-state index < -0.39 is 17.6 Å². The third-order valence-electron chi connectivity index (χ3n) is 2.18. The van der Waals surface area contributed by atoms with Gasteiger partial charge in [-0.3, -0.25) is 0 Å². The van der Waals surface area contributed by atoms with Gasteiger partial charge in [-0.1, -0.05) is 13.0 Å². The molecule has 0 saturated carbocycles. The van der Waals surface area contributed by atoms with Crippen molar-refractivity contribution in [3.8, 4) is 0 Å². The average Bonchev–Trinajstić information content (AvgIpc) is 2.19. The largest absolute Gasteiger partial charge is 0.419 e. The summed E-state index contributed by atoms with van der Waals surface area (Å²) >= 11 is 0. The lowest BCUT2D eigenvalue weighted by Crippen LogP contribution is -2.16. The summed E-state index contributed by atoms with van der Waals surface area (Å²) in [5.41, 5.74) is -0.712. The number of alkyl halides is 3. The van der Waals surface area contributed by atoms with Crippen LogP contribution in [0, 0.1) is 5.82 Å². The summed E-state index contributed by atoms with van der Waals surface area (Å²) < 4.78 is 50.0. The summed E-state index contributed by atoms with van der Waals surface area (Å²) in [5, 5.41) is 2.99. The number of benzene rings is 1. The molecule has 0 radical (unpaired) electrons. The van der Waals surface area contributed by atoms with E-state index in [0.717, 1.165) is 18.7 Å². The van der Waals surface area contributed by atoms with Crippen LogP contribution in [0.3, 0.4) is 0 Å². The maximum Gasteiger partial charge on any atom is 0.419 e. The molecule has 0 atom stereocenters. The zero-order chi connectivity index (χ0) is 12.2. The van der Waals surface area contributed by atoms with Crippen molar-refractivity contribution in [2.24, 2.45) is 0 Å². The lowest BCUT2D eigenvalue weighted by atomic mass is 10.1. The summed E-state index contributed by atoms with van der Waals surface area (Å²) in [4.78, 5) is 0. The molecule has 0 amide bonds. The molecule has 5 heteroatoms. The van der Waals surface area contributed by atoms with Crippen LogP contribution < -0.4 is 5.32 Å². The van der Waals surface area contributed by atoms with Crippen molar-refractivity contribution in [2.75, 3.05) is 13.1 Å². The Morgan fingerprint density at radius 1 is 1.25 bits per heavy atom. The first kappa shape index (κ1) is 13.0. The van der Waals surface area contributed by atoms with Crippen LogP contribution in [0.5, 0.6) is 0 Å². The van der Waals surface area contributed by atoms with Gasteiger partial charge in [-0.2, -0.15) is 13.2 Å². The minimum absolute atomic E-state index is 0.456. The first-order valence-electron chi connectivity index (χ1n) is 5.01. The smallest absolute Gasteiger partial charge is 0.317 e. The summed E-state index contributed by atoms with van der Waals surface area (Å²) in [6.45, 7) is 3.25. The van der Waals surface area contributed by atoms with Crippen molar-refractivity contribution in [3.63, 3.8) is 0 Å². The number of halogens is 4. The minimum Gasteiger partial charge on any atom is -0.317 e. The van der Waals surface area contributed by atoms with Crippen LogP contribution >= 0.6 is 0 Å². The lowest BCUT2D eigenvalue weighted by Gasteiger charge is -2.10. The van der Waals surface area contributed by atoms with Crippen molar-refractivity contribution < 1.29 is 17.6 Å². The quantitative estimate of drug-likeness (QED) is 0.625. The van der Waals surface area contributed by atoms with Crippen LogP contribution in [0.25, 0.3) is 0 Å². The van der Waals surface area contributed by atoms with Gasteiger partial charge in [-0.05, 0) is 37.2 Å². The molecule has 1 N–H and O–H groups in total. The van der Waals surface area contributed by atoms with Gasteiger partial charge in [0.25, 0.3) is 0 Å². The van der Waals surface area contributed by atoms with E-state index in [0.29, 0.717) is 18.5 Å². The van der Waals surface area contributed by atoms with E-state index >= 15 is 0 Å². The Hall–Kier alpha value is -1.10. The van der Waals surface area contributed by atoms with Crippen LogP contribution in [0.2, 0.25) is 0 Å². The highest BCUT2D eigenvalue weighted by atomic mass is 19.4. The van der Waals surface area contributed by atoms with Crippen LogP contribution in [-0.2, 0) is 12.6 Å². The molecule has 16 heavy (non-hydrogen) atoms. The van der Waals surface area contributed by atoms with E-state index in [1.807, 2.05) is 6.92 Å². The SMILES string of the molecule is CCNCCc1ccc(F)c(C(F)(F)F)c1. The average molecular weight is 235 g/mol. The number of likely N-dealkylation sites (N-methyl/N-ethyl adjacent to an activating group) is 1. The minimum atomic E-state index is -4.63. The maximum atomic E-state index is 12.9. The molecule has 0 aliphatic carbocycles. The highest BCUT2D eigenvalue weighted by Crippen LogP contribution is 2.31. The Morgan fingerprint density at radius 2 is 1.94 bits per heavy atom. The van der Waals surface area contributed by atoms with Crippen LogP contribution in [0.4, 0.5) is 17.6 Å². The number of hydrogen-bond donors (Lipinski definition) is 1. The van der Waals surface area contributed by atoms with E-state index in [1.165, 1.54) is 6.07 Å². The normalized spacial score (nSPS) is 11.8. The van der Waals surface area contributed by atoms with Crippen molar-refractivity contribution in [3.05, 3.63) is 35.1 Å². The molecule has 0 fully saturated rings. The fourth-order valence-electron chi connectivity index (χ4n) is 1.35. The molecular formula is C11H13F4N. The van der Waals surface area contributed by atoms with Gasteiger partial charge in [0.15, 0.2) is 0 Å². The summed E-state index contributed by atoms with van der Waals surface area (Å²) in [6, 6.07) is 3.11. The molecule has 0 aliphatic heterocycles. The predicted octanol–water partition coefficient (Wildman–Crippen LogP) is 3.00. The predicted molar refractivity (Wildman–Crippen MR) is 53.6 cm³/mol. The number of rotatable bonds is 4. The molecule has 1 rings (SSSR count). The number of nitrogens with one attached hydrogen (secondary N) is 1. The molecule has 1 nitrogen and oxygen atoms in total. The molecule has 1 aromatic rings. The second kappa shape index (κ2) is 5.30. The van der Waals surface area contributed by atoms with Crippen molar-refractivity contribution >= 4 is 0 Å². The first-order chi connectivity index (χ1) is 7.45. The Balaban J connectivity index is 2.82. The van der Waals surface area contributed by atoms with Crippen LogP contribution in [0.15, 0.2) is 18.2 Å². The fourth-order valence-corrected chi connectivity index (χ4v) is 1.35.